The van der Waals surface area contributed by atoms with Crippen molar-refractivity contribution < 1.29 is 0 Å². The lowest BCUT2D eigenvalue weighted by Gasteiger charge is -2.30. The van der Waals surface area contributed by atoms with Gasteiger partial charge in [0.25, 0.3) is 0 Å². The van der Waals surface area contributed by atoms with Crippen molar-refractivity contribution in [2.45, 2.75) is 31.1 Å². The van der Waals surface area contributed by atoms with Gasteiger partial charge in [-0.25, -0.2) is 0 Å². The minimum absolute atomic E-state index is 0.659. The fraction of sp³-hybridized carbons (Fsp3) is 0.692. The molecule has 0 bridgehead atoms. The summed E-state index contributed by atoms with van der Waals surface area (Å²) < 4.78 is 0. The highest BCUT2D eigenvalue weighted by atomic mass is 32.2. The second-order valence-electron chi connectivity index (χ2n) is 4.33. The molecule has 1 aromatic rings. The minimum atomic E-state index is 0.659. The van der Waals surface area contributed by atoms with E-state index in [-0.39, 0.29) is 0 Å². The smallest absolute Gasteiger partial charge is 0.0295 e. The van der Waals surface area contributed by atoms with Gasteiger partial charge in [0, 0.05) is 33.4 Å². The molecule has 2 atom stereocenters. The van der Waals surface area contributed by atoms with E-state index in [1.165, 1.54) is 35.0 Å². The summed E-state index contributed by atoms with van der Waals surface area (Å²) >= 11 is 6.18. The van der Waals surface area contributed by atoms with Gasteiger partial charge in [0.1, 0.15) is 0 Å². The molecule has 1 fully saturated rings. The molecule has 96 valence electrons. The van der Waals surface area contributed by atoms with Crippen LogP contribution in [0.25, 0.3) is 0 Å². The van der Waals surface area contributed by atoms with Gasteiger partial charge in [0.15, 0.2) is 0 Å². The zero-order valence-electron chi connectivity index (χ0n) is 10.4. The van der Waals surface area contributed by atoms with Crippen LogP contribution in [0.5, 0.6) is 0 Å². The van der Waals surface area contributed by atoms with Crippen molar-refractivity contribution >= 4 is 34.9 Å². The van der Waals surface area contributed by atoms with Crippen molar-refractivity contribution in [3.63, 3.8) is 0 Å². The van der Waals surface area contributed by atoms with Crippen LogP contribution < -0.4 is 5.32 Å². The van der Waals surface area contributed by atoms with Gasteiger partial charge < -0.3 is 5.32 Å². The van der Waals surface area contributed by atoms with Crippen LogP contribution in [0.2, 0.25) is 0 Å². The molecule has 1 nitrogen and oxygen atoms in total. The van der Waals surface area contributed by atoms with E-state index in [1.807, 2.05) is 11.3 Å². The third-order valence-electron chi connectivity index (χ3n) is 2.95. The summed E-state index contributed by atoms with van der Waals surface area (Å²) in [6, 6.07) is 5.09. The number of rotatable bonds is 6. The van der Waals surface area contributed by atoms with E-state index in [2.05, 4.69) is 53.3 Å². The summed E-state index contributed by atoms with van der Waals surface area (Å²) in [5, 5.41) is 6.73. The van der Waals surface area contributed by atoms with E-state index in [9.17, 15) is 0 Å². The van der Waals surface area contributed by atoms with Crippen LogP contribution in [0.3, 0.4) is 0 Å². The zero-order chi connectivity index (χ0) is 11.9. The lowest BCUT2D eigenvalue weighted by molar-refractivity contribution is 0.508. The molecule has 17 heavy (non-hydrogen) atoms. The molecule has 1 aliphatic rings. The number of hydrogen-bond acceptors (Lipinski definition) is 4. The average Bonchev–Trinajstić information content (AvgIpc) is 2.88. The predicted octanol–water partition coefficient (Wildman–Crippen LogP) is 3.51. The van der Waals surface area contributed by atoms with Crippen LogP contribution in [-0.4, -0.2) is 35.1 Å². The summed E-state index contributed by atoms with van der Waals surface area (Å²) in [6.07, 6.45) is 2.43. The van der Waals surface area contributed by atoms with Crippen molar-refractivity contribution in [2.75, 3.05) is 23.8 Å². The van der Waals surface area contributed by atoms with E-state index >= 15 is 0 Å². The van der Waals surface area contributed by atoms with E-state index in [4.69, 9.17) is 0 Å². The quantitative estimate of drug-likeness (QED) is 0.860. The molecule has 2 rings (SSSR count). The topological polar surface area (TPSA) is 12.0 Å². The van der Waals surface area contributed by atoms with Crippen LogP contribution in [-0.2, 0) is 6.42 Å². The summed E-state index contributed by atoms with van der Waals surface area (Å²) in [6.45, 7) is 3.40. The molecule has 0 aliphatic carbocycles. The molecule has 0 aromatic carbocycles. The van der Waals surface area contributed by atoms with Crippen molar-refractivity contribution in [3.8, 4) is 0 Å². The molecule has 2 heterocycles. The Bertz CT molecular complexity index is 294. The summed E-state index contributed by atoms with van der Waals surface area (Å²) in [7, 11) is 0. The molecule has 0 saturated carbocycles. The van der Waals surface area contributed by atoms with Gasteiger partial charge >= 0.3 is 0 Å². The molecule has 4 heteroatoms. The lowest BCUT2D eigenvalue weighted by atomic mass is 10.1. The van der Waals surface area contributed by atoms with E-state index in [0.29, 0.717) is 6.04 Å². The maximum Gasteiger partial charge on any atom is 0.0295 e. The highest BCUT2D eigenvalue weighted by molar-refractivity contribution is 8.06. The van der Waals surface area contributed by atoms with Gasteiger partial charge in [-0.2, -0.15) is 23.5 Å². The Labute approximate surface area is 117 Å². The molecule has 1 aliphatic heterocycles. The fourth-order valence-electron chi connectivity index (χ4n) is 2.05. The van der Waals surface area contributed by atoms with Crippen molar-refractivity contribution in [1.29, 1.82) is 0 Å². The lowest BCUT2D eigenvalue weighted by Crippen LogP contribution is -2.42. The second kappa shape index (κ2) is 7.72. The van der Waals surface area contributed by atoms with Gasteiger partial charge in [-0.3, -0.25) is 0 Å². The molecule has 1 N–H and O–H groups in total. The first-order chi connectivity index (χ1) is 8.40. The monoisotopic (exact) mass is 287 g/mol. The third kappa shape index (κ3) is 4.51. The standard InChI is InChI=1S/C13H21NS3/c1-2-5-14-12(9-11-4-3-6-16-11)13-10-15-7-8-17-13/h3-4,6,12-14H,2,5,7-10H2,1H3. The van der Waals surface area contributed by atoms with Crippen LogP contribution in [0.4, 0.5) is 0 Å². The Morgan fingerprint density at radius 1 is 1.47 bits per heavy atom. The Kier molecular flexibility index (Phi) is 6.26. The highest BCUT2D eigenvalue weighted by Crippen LogP contribution is 2.28. The zero-order valence-corrected chi connectivity index (χ0v) is 12.8. The maximum absolute atomic E-state index is 3.75. The Morgan fingerprint density at radius 2 is 2.41 bits per heavy atom. The molecule has 1 aromatic heterocycles. The molecule has 0 amide bonds. The first-order valence-electron chi connectivity index (χ1n) is 6.35. The van der Waals surface area contributed by atoms with Crippen LogP contribution in [0, 0.1) is 0 Å². The fourth-order valence-corrected chi connectivity index (χ4v) is 5.70. The SMILES string of the molecule is CCCNC(Cc1cccs1)C1CSCCS1. The molecule has 2 unspecified atom stereocenters. The van der Waals surface area contributed by atoms with E-state index in [0.717, 1.165) is 11.8 Å². The molecular formula is C13H21NS3. The normalized spacial score (nSPS) is 22.5. The van der Waals surface area contributed by atoms with Gasteiger partial charge in [0.2, 0.25) is 0 Å². The maximum atomic E-state index is 3.75. The first-order valence-corrected chi connectivity index (χ1v) is 9.43. The summed E-state index contributed by atoms with van der Waals surface area (Å²) in [5.74, 6) is 3.97. The van der Waals surface area contributed by atoms with Crippen molar-refractivity contribution in [2.24, 2.45) is 0 Å². The van der Waals surface area contributed by atoms with Crippen molar-refractivity contribution in [3.05, 3.63) is 22.4 Å². The van der Waals surface area contributed by atoms with E-state index < -0.39 is 0 Å². The van der Waals surface area contributed by atoms with Crippen LogP contribution in [0.15, 0.2) is 17.5 Å². The minimum Gasteiger partial charge on any atom is -0.312 e. The van der Waals surface area contributed by atoms with Gasteiger partial charge in [-0.1, -0.05) is 13.0 Å². The highest BCUT2D eigenvalue weighted by Gasteiger charge is 2.24. The second-order valence-corrected chi connectivity index (χ2v) is 7.86. The molecule has 0 spiro atoms. The molecular weight excluding hydrogens is 266 g/mol. The Balaban J connectivity index is 1.91. The first kappa shape index (κ1) is 13.8. The number of thiophene rings is 1. The Hall–Kier alpha value is 0.360. The van der Waals surface area contributed by atoms with Gasteiger partial charge in [-0.15, -0.1) is 11.3 Å². The molecule has 0 radical (unpaired) electrons. The molecule has 1 saturated heterocycles. The largest absolute Gasteiger partial charge is 0.312 e. The van der Waals surface area contributed by atoms with Gasteiger partial charge in [0.05, 0.1) is 0 Å². The van der Waals surface area contributed by atoms with Crippen LogP contribution >= 0.6 is 34.9 Å². The van der Waals surface area contributed by atoms with Crippen LogP contribution in [0.1, 0.15) is 18.2 Å². The average molecular weight is 288 g/mol. The van der Waals surface area contributed by atoms with Gasteiger partial charge in [-0.05, 0) is 30.8 Å². The third-order valence-corrected chi connectivity index (χ3v) is 6.77. The summed E-state index contributed by atoms with van der Waals surface area (Å²) in [5.41, 5.74) is 0. The van der Waals surface area contributed by atoms with E-state index in [1.54, 1.807) is 0 Å². The number of thioether (sulfide) groups is 2. The van der Waals surface area contributed by atoms with Crippen molar-refractivity contribution in [1.82, 2.24) is 5.32 Å². The predicted molar refractivity (Wildman–Crippen MR) is 83.7 cm³/mol. The Morgan fingerprint density at radius 3 is 3.06 bits per heavy atom. The number of hydrogen-bond donors (Lipinski definition) is 1. The number of nitrogens with one attached hydrogen (secondary N) is 1. The summed E-state index contributed by atoms with van der Waals surface area (Å²) in [4.78, 5) is 1.52.